The topological polar surface area (TPSA) is 40.6 Å². The van der Waals surface area contributed by atoms with Crippen molar-refractivity contribution in [1.29, 1.82) is 0 Å². The van der Waals surface area contributed by atoms with Crippen LogP contribution in [0.4, 0.5) is 0 Å². The van der Waals surface area contributed by atoms with E-state index >= 15 is 0 Å². The van der Waals surface area contributed by atoms with E-state index in [9.17, 15) is 9.59 Å². The molecule has 1 saturated heterocycles. The van der Waals surface area contributed by atoms with Crippen LogP contribution in [0, 0.1) is 0 Å². The van der Waals surface area contributed by atoms with E-state index in [1.807, 2.05) is 6.92 Å². The summed E-state index contributed by atoms with van der Waals surface area (Å²) in [5.74, 6) is 0.126. The van der Waals surface area contributed by atoms with E-state index in [0.717, 1.165) is 6.42 Å². The van der Waals surface area contributed by atoms with Gasteiger partial charge in [-0.3, -0.25) is 9.59 Å². The molecule has 0 atom stereocenters. The summed E-state index contributed by atoms with van der Waals surface area (Å²) in [4.78, 5) is 26.0. The SMILES string of the molecule is CCCN1CC(=O)N(CI)CC1=O. The van der Waals surface area contributed by atoms with Crippen LogP contribution in [-0.4, -0.2) is 45.8 Å². The molecule has 1 aliphatic rings. The third-order valence-corrected chi connectivity index (χ3v) is 2.82. The predicted octanol–water partition coefficient (Wildman–Crippen LogP) is 0.460. The van der Waals surface area contributed by atoms with Gasteiger partial charge in [-0.2, -0.15) is 0 Å². The van der Waals surface area contributed by atoms with Crippen LogP contribution in [0.3, 0.4) is 0 Å². The minimum absolute atomic E-state index is 0.0578. The van der Waals surface area contributed by atoms with Gasteiger partial charge in [-0.05, 0) is 6.42 Å². The number of carbonyl (C=O) groups excluding carboxylic acids is 2. The molecular formula is C8H13IN2O2. The van der Waals surface area contributed by atoms with Gasteiger partial charge >= 0.3 is 0 Å². The molecule has 1 rings (SSSR count). The van der Waals surface area contributed by atoms with Crippen molar-refractivity contribution >= 4 is 34.4 Å². The van der Waals surface area contributed by atoms with E-state index in [0.29, 0.717) is 11.1 Å². The molecule has 0 unspecified atom stereocenters. The molecule has 0 N–H and O–H groups in total. The standard InChI is InChI=1S/C8H13IN2O2/c1-2-3-10-4-8(13)11(6-9)5-7(10)12/h2-6H2,1H3. The van der Waals surface area contributed by atoms with Crippen LogP contribution >= 0.6 is 22.6 Å². The van der Waals surface area contributed by atoms with Gasteiger partial charge in [0.05, 0.1) is 11.1 Å². The van der Waals surface area contributed by atoms with Crippen molar-refractivity contribution in [1.82, 2.24) is 9.80 Å². The molecule has 0 aromatic rings. The fourth-order valence-corrected chi connectivity index (χ4v) is 1.91. The Hall–Kier alpha value is -0.330. The molecule has 1 aliphatic heterocycles. The lowest BCUT2D eigenvalue weighted by atomic mass is 10.3. The molecule has 5 heteroatoms. The van der Waals surface area contributed by atoms with Crippen LogP contribution in [0.1, 0.15) is 13.3 Å². The molecule has 0 bridgehead atoms. The quantitative estimate of drug-likeness (QED) is 0.431. The molecule has 74 valence electrons. The number of nitrogens with zero attached hydrogens (tertiary/aromatic N) is 2. The maximum atomic E-state index is 11.4. The van der Waals surface area contributed by atoms with Gasteiger partial charge in [-0.25, -0.2) is 0 Å². The minimum atomic E-state index is 0.0578. The fraction of sp³-hybridized carbons (Fsp3) is 0.750. The zero-order valence-electron chi connectivity index (χ0n) is 7.62. The largest absolute Gasteiger partial charge is 0.332 e. The van der Waals surface area contributed by atoms with Crippen LogP contribution in [0.25, 0.3) is 0 Å². The van der Waals surface area contributed by atoms with Crippen molar-refractivity contribution in [3.63, 3.8) is 0 Å². The Morgan fingerprint density at radius 2 is 1.77 bits per heavy atom. The number of carbonyl (C=O) groups is 2. The fourth-order valence-electron chi connectivity index (χ4n) is 1.29. The number of amides is 2. The van der Waals surface area contributed by atoms with Crippen LogP contribution in [0.15, 0.2) is 0 Å². The van der Waals surface area contributed by atoms with Crippen molar-refractivity contribution in [2.45, 2.75) is 13.3 Å². The summed E-state index contributed by atoms with van der Waals surface area (Å²) in [6, 6.07) is 0. The second-order valence-corrected chi connectivity index (χ2v) is 3.71. The Morgan fingerprint density at radius 1 is 1.23 bits per heavy atom. The van der Waals surface area contributed by atoms with Gasteiger partial charge in [0.15, 0.2) is 0 Å². The van der Waals surface area contributed by atoms with E-state index < -0.39 is 0 Å². The first-order chi connectivity index (χ1) is 6.19. The Balaban J connectivity index is 2.56. The maximum absolute atomic E-state index is 11.4. The van der Waals surface area contributed by atoms with Crippen LogP contribution in [0.5, 0.6) is 0 Å². The molecule has 1 heterocycles. The van der Waals surface area contributed by atoms with Gasteiger partial charge in [-0.15, -0.1) is 0 Å². The lowest BCUT2D eigenvalue weighted by molar-refractivity contribution is -0.148. The smallest absolute Gasteiger partial charge is 0.243 e. The lowest BCUT2D eigenvalue weighted by Gasteiger charge is -2.32. The van der Waals surface area contributed by atoms with E-state index in [1.165, 1.54) is 0 Å². The van der Waals surface area contributed by atoms with Crippen molar-refractivity contribution in [2.75, 3.05) is 24.2 Å². The second-order valence-electron chi connectivity index (χ2n) is 3.03. The first kappa shape index (κ1) is 10.7. The van der Waals surface area contributed by atoms with Gasteiger partial charge in [0.1, 0.15) is 6.54 Å². The molecule has 2 amide bonds. The molecule has 13 heavy (non-hydrogen) atoms. The first-order valence-electron chi connectivity index (χ1n) is 4.30. The summed E-state index contributed by atoms with van der Waals surface area (Å²) in [6.45, 7) is 3.21. The monoisotopic (exact) mass is 296 g/mol. The van der Waals surface area contributed by atoms with Crippen molar-refractivity contribution in [2.24, 2.45) is 0 Å². The highest BCUT2D eigenvalue weighted by atomic mass is 127. The average Bonchev–Trinajstić information content (AvgIpc) is 2.11. The molecule has 0 aromatic carbocycles. The van der Waals surface area contributed by atoms with Gasteiger partial charge < -0.3 is 9.80 Å². The third kappa shape index (κ3) is 2.55. The number of piperazine rings is 1. The Morgan fingerprint density at radius 3 is 2.31 bits per heavy atom. The summed E-state index contributed by atoms with van der Waals surface area (Å²) in [5, 5.41) is 0. The molecule has 0 saturated carbocycles. The number of hydrogen-bond donors (Lipinski definition) is 0. The van der Waals surface area contributed by atoms with Gasteiger partial charge in [0.25, 0.3) is 0 Å². The predicted molar refractivity (Wildman–Crippen MR) is 57.5 cm³/mol. The highest BCUT2D eigenvalue weighted by Crippen LogP contribution is 2.06. The van der Waals surface area contributed by atoms with Crippen molar-refractivity contribution in [3.8, 4) is 0 Å². The molecule has 4 nitrogen and oxygen atoms in total. The summed E-state index contributed by atoms with van der Waals surface area (Å²) >= 11 is 2.09. The van der Waals surface area contributed by atoms with Crippen LogP contribution in [-0.2, 0) is 9.59 Å². The molecule has 0 spiro atoms. The number of halogens is 1. The van der Waals surface area contributed by atoms with Crippen molar-refractivity contribution in [3.05, 3.63) is 0 Å². The number of alkyl halides is 1. The minimum Gasteiger partial charge on any atom is -0.332 e. The van der Waals surface area contributed by atoms with Gasteiger partial charge in [0, 0.05) is 6.54 Å². The van der Waals surface area contributed by atoms with E-state index in [-0.39, 0.29) is 24.9 Å². The zero-order valence-corrected chi connectivity index (χ0v) is 9.78. The van der Waals surface area contributed by atoms with E-state index in [4.69, 9.17) is 0 Å². The van der Waals surface area contributed by atoms with E-state index in [1.54, 1.807) is 9.80 Å². The summed E-state index contributed by atoms with van der Waals surface area (Å²) in [6.07, 6.45) is 0.906. The Kier molecular flexibility index (Phi) is 3.95. The average molecular weight is 296 g/mol. The molecule has 1 fully saturated rings. The zero-order chi connectivity index (χ0) is 9.84. The van der Waals surface area contributed by atoms with Crippen LogP contribution in [0.2, 0.25) is 0 Å². The van der Waals surface area contributed by atoms with Crippen LogP contribution < -0.4 is 0 Å². The first-order valence-corrected chi connectivity index (χ1v) is 5.83. The summed E-state index contributed by atoms with van der Waals surface area (Å²) in [5.41, 5.74) is 0. The van der Waals surface area contributed by atoms with Gasteiger partial charge in [-0.1, -0.05) is 29.5 Å². The second kappa shape index (κ2) is 4.78. The normalized spacial score (nSPS) is 18.3. The molecule has 0 radical (unpaired) electrons. The summed E-state index contributed by atoms with van der Waals surface area (Å²) in [7, 11) is 0. The summed E-state index contributed by atoms with van der Waals surface area (Å²) < 4.78 is 0.600. The third-order valence-electron chi connectivity index (χ3n) is 2.00. The number of hydrogen-bond acceptors (Lipinski definition) is 2. The highest BCUT2D eigenvalue weighted by Gasteiger charge is 2.28. The van der Waals surface area contributed by atoms with Crippen molar-refractivity contribution < 1.29 is 9.59 Å². The molecular weight excluding hydrogens is 283 g/mol. The highest BCUT2D eigenvalue weighted by molar-refractivity contribution is 14.1. The Labute approximate surface area is 91.4 Å². The van der Waals surface area contributed by atoms with Gasteiger partial charge in [0.2, 0.25) is 11.8 Å². The molecule has 0 aromatic heterocycles. The number of rotatable bonds is 3. The maximum Gasteiger partial charge on any atom is 0.243 e. The lowest BCUT2D eigenvalue weighted by Crippen LogP contribution is -2.53. The molecule has 0 aliphatic carbocycles. The van der Waals surface area contributed by atoms with E-state index in [2.05, 4.69) is 22.6 Å². The Bertz CT molecular complexity index is 220.